The molecule has 0 spiro atoms. The second-order valence-corrected chi connectivity index (χ2v) is 4.45. The summed E-state index contributed by atoms with van der Waals surface area (Å²) in [5, 5.41) is 4.60. The molecule has 1 unspecified atom stereocenters. The van der Waals surface area contributed by atoms with Crippen LogP contribution in [0.1, 0.15) is 42.4 Å². The van der Waals surface area contributed by atoms with Crippen molar-refractivity contribution in [3.8, 4) is 0 Å². The first-order valence-electron chi connectivity index (χ1n) is 6.10. The third kappa shape index (κ3) is 2.13. The Hall–Kier alpha value is -0.870. The van der Waals surface area contributed by atoms with Gasteiger partial charge in [0.1, 0.15) is 0 Å². The summed E-state index contributed by atoms with van der Waals surface area (Å²) < 4.78 is 7.72. The maximum atomic E-state index is 5.67. The van der Waals surface area contributed by atoms with E-state index >= 15 is 0 Å². The van der Waals surface area contributed by atoms with Crippen LogP contribution >= 0.6 is 0 Å². The number of nitrogens with two attached hydrogens (primary N) is 1. The molecule has 1 saturated heterocycles. The summed E-state index contributed by atoms with van der Waals surface area (Å²) >= 11 is 0. The summed E-state index contributed by atoms with van der Waals surface area (Å²) in [7, 11) is 0. The molecular formula is C12H21N3O. The standard InChI is InChI=1S/C12H21N3O/c1-9-11(5-3-7-13)10(2)15(14-9)12-6-4-8-16-12/h12H,3-8,13H2,1-2H3. The largest absolute Gasteiger partial charge is 0.357 e. The Balaban J connectivity index is 2.19. The molecule has 1 aromatic rings. The fourth-order valence-corrected chi connectivity index (χ4v) is 2.37. The highest BCUT2D eigenvalue weighted by Gasteiger charge is 2.22. The molecule has 1 atom stereocenters. The van der Waals surface area contributed by atoms with Gasteiger partial charge in [-0.15, -0.1) is 0 Å². The van der Waals surface area contributed by atoms with Gasteiger partial charge in [-0.05, 0) is 51.6 Å². The van der Waals surface area contributed by atoms with Crippen molar-refractivity contribution >= 4 is 0 Å². The van der Waals surface area contributed by atoms with Crippen molar-refractivity contribution in [2.75, 3.05) is 13.2 Å². The van der Waals surface area contributed by atoms with Crippen LogP contribution in [0, 0.1) is 13.8 Å². The fraction of sp³-hybridized carbons (Fsp3) is 0.750. The molecule has 4 heteroatoms. The first-order chi connectivity index (χ1) is 7.74. The molecule has 0 aliphatic carbocycles. The highest BCUT2D eigenvalue weighted by molar-refractivity contribution is 5.25. The van der Waals surface area contributed by atoms with Gasteiger partial charge < -0.3 is 10.5 Å². The van der Waals surface area contributed by atoms with E-state index in [-0.39, 0.29) is 6.23 Å². The van der Waals surface area contributed by atoms with Crippen LogP contribution in [0.4, 0.5) is 0 Å². The van der Waals surface area contributed by atoms with Crippen LogP contribution in [0.25, 0.3) is 0 Å². The number of ether oxygens (including phenoxy) is 1. The second-order valence-electron chi connectivity index (χ2n) is 4.45. The zero-order valence-corrected chi connectivity index (χ0v) is 10.2. The molecule has 2 N–H and O–H groups in total. The van der Waals surface area contributed by atoms with Gasteiger partial charge in [-0.2, -0.15) is 5.10 Å². The molecule has 0 aromatic carbocycles. The maximum absolute atomic E-state index is 5.67. The lowest BCUT2D eigenvalue weighted by molar-refractivity contribution is 0.0448. The van der Waals surface area contributed by atoms with Crippen LogP contribution in [-0.4, -0.2) is 22.9 Å². The van der Waals surface area contributed by atoms with Crippen molar-refractivity contribution in [1.82, 2.24) is 9.78 Å². The molecule has 1 aliphatic heterocycles. The van der Waals surface area contributed by atoms with Gasteiger partial charge in [-0.3, -0.25) is 0 Å². The molecule has 1 aromatic heterocycles. The van der Waals surface area contributed by atoms with Crippen molar-refractivity contribution in [3.63, 3.8) is 0 Å². The maximum Gasteiger partial charge on any atom is 0.150 e. The minimum Gasteiger partial charge on any atom is -0.357 e. The van der Waals surface area contributed by atoms with Gasteiger partial charge in [0.2, 0.25) is 0 Å². The first-order valence-corrected chi connectivity index (χ1v) is 6.10. The predicted molar refractivity (Wildman–Crippen MR) is 63.3 cm³/mol. The number of aryl methyl sites for hydroxylation is 1. The smallest absolute Gasteiger partial charge is 0.150 e. The molecule has 0 bridgehead atoms. The molecule has 2 rings (SSSR count). The summed E-state index contributed by atoms with van der Waals surface area (Å²) in [6, 6.07) is 0. The van der Waals surface area contributed by atoms with Crippen LogP contribution in [0.3, 0.4) is 0 Å². The van der Waals surface area contributed by atoms with Crippen LogP contribution in [-0.2, 0) is 11.2 Å². The Morgan fingerprint density at radius 2 is 2.31 bits per heavy atom. The molecule has 1 fully saturated rings. The van der Waals surface area contributed by atoms with Crippen molar-refractivity contribution in [3.05, 3.63) is 17.0 Å². The summed E-state index contributed by atoms with van der Waals surface area (Å²) in [5.41, 5.74) is 9.28. The SMILES string of the molecule is Cc1nn(C2CCCO2)c(C)c1CCCN. The normalized spacial score (nSPS) is 20.6. The molecule has 2 heterocycles. The van der Waals surface area contributed by atoms with Crippen LogP contribution in [0.5, 0.6) is 0 Å². The molecule has 0 amide bonds. The van der Waals surface area contributed by atoms with E-state index in [9.17, 15) is 0 Å². The van der Waals surface area contributed by atoms with Crippen molar-refractivity contribution in [2.24, 2.45) is 5.73 Å². The summed E-state index contributed by atoms with van der Waals surface area (Å²) in [4.78, 5) is 0. The lowest BCUT2D eigenvalue weighted by Gasteiger charge is -2.12. The minimum atomic E-state index is 0.158. The van der Waals surface area contributed by atoms with E-state index < -0.39 is 0 Å². The van der Waals surface area contributed by atoms with Gasteiger partial charge in [0.15, 0.2) is 6.23 Å². The van der Waals surface area contributed by atoms with E-state index in [0.29, 0.717) is 0 Å². The Morgan fingerprint density at radius 3 is 2.94 bits per heavy atom. The van der Waals surface area contributed by atoms with Gasteiger partial charge >= 0.3 is 0 Å². The topological polar surface area (TPSA) is 53.1 Å². The average molecular weight is 223 g/mol. The Morgan fingerprint density at radius 1 is 1.50 bits per heavy atom. The third-order valence-corrected chi connectivity index (χ3v) is 3.28. The monoisotopic (exact) mass is 223 g/mol. The molecule has 4 nitrogen and oxygen atoms in total. The quantitative estimate of drug-likeness (QED) is 0.845. The average Bonchev–Trinajstić information content (AvgIpc) is 2.86. The highest BCUT2D eigenvalue weighted by Crippen LogP contribution is 2.26. The molecular weight excluding hydrogens is 202 g/mol. The van der Waals surface area contributed by atoms with E-state index in [1.54, 1.807) is 0 Å². The third-order valence-electron chi connectivity index (χ3n) is 3.28. The van der Waals surface area contributed by atoms with Crippen LogP contribution < -0.4 is 5.73 Å². The number of nitrogens with zero attached hydrogens (tertiary/aromatic N) is 2. The zero-order valence-electron chi connectivity index (χ0n) is 10.2. The molecule has 0 saturated carbocycles. The van der Waals surface area contributed by atoms with Crippen molar-refractivity contribution < 1.29 is 4.74 Å². The number of hydrogen-bond donors (Lipinski definition) is 1. The summed E-state index contributed by atoms with van der Waals surface area (Å²) in [5.74, 6) is 0. The van der Waals surface area contributed by atoms with E-state index in [4.69, 9.17) is 10.5 Å². The lowest BCUT2D eigenvalue weighted by Crippen LogP contribution is -2.11. The van der Waals surface area contributed by atoms with Crippen molar-refractivity contribution in [2.45, 2.75) is 45.8 Å². The minimum absolute atomic E-state index is 0.158. The second kappa shape index (κ2) is 4.97. The fourth-order valence-electron chi connectivity index (χ4n) is 2.37. The van der Waals surface area contributed by atoms with Crippen molar-refractivity contribution in [1.29, 1.82) is 0 Å². The van der Waals surface area contributed by atoms with E-state index in [1.165, 1.54) is 11.3 Å². The Labute approximate surface area is 96.8 Å². The summed E-state index contributed by atoms with van der Waals surface area (Å²) in [6.45, 7) is 5.81. The van der Waals surface area contributed by atoms with Gasteiger partial charge in [-0.25, -0.2) is 4.68 Å². The van der Waals surface area contributed by atoms with Gasteiger partial charge in [0, 0.05) is 12.3 Å². The molecule has 16 heavy (non-hydrogen) atoms. The van der Waals surface area contributed by atoms with Gasteiger partial charge in [0.25, 0.3) is 0 Å². The Bertz CT molecular complexity index is 353. The highest BCUT2D eigenvalue weighted by atomic mass is 16.5. The number of rotatable bonds is 4. The van der Waals surface area contributed by atoms with Gasteiger partial charge in [0.05, 0.1) is 5.69 Å². The van der Waals surface area contributed by atoms with E-state index in [2.05, 4.69) is 18.9 Å². The van der Waals surface area contributed by atoms with E-state index in [0.717, 1.165) is 44.5 Å². The Kier molecular flexibility index (Phi) is 3.61. The van der Waals surface area contributed by atoms with Crippen LogP contribution in [0.15, 0.2) is 0 Å². The van der Waals surface area contributed by atoms with Crippen LogP contribution in [0.2, 0.25) is 0 Å². The molecule has 1 aliphatic rings. The number of aromatic nitrogens is 2. The molecule has 90 valence electrons. The summed E-state index contributed by atoms with van der Waals surface area (Å²) in [6.07, 6.45) is 4.43. The molecule has 0 radical (unpaired) electrons. The van der Waals surface area contributed by atoms with Gasteiger partial charge in [-0.1, -0.05) is 0 Å². The first kappa shape index (κ1) is 11.6. The lowest BCUT2D eigenvalue weighted by atomic mass is 10.1. The van der Waals surface area contributed by atoms with E-state index in [1.807, 2.05) is 4.68 Å². The zero-order chi connectivity index (χ0) is 11.5. The number of hydrogen-bond acceptors (Lipinski definition) is 3. The predicted octanol–water partition coefficient (Wildman–Crippen LogP) is 1.70.